The standard InChI is InChI=1S/C21H22ClN3O2/c1-15-23-24-20(27-15)18-4-2-3-17(11-18)13-25-10-9-21(26,14-25)12-16-5-7-19(22)8-6-16/h2-8,11,26H,9-10,12-14H2,1H3. The molecule has 0 radical (unpaired) electrons. The predicted molar refractivity (Wildman–Crippen MR) is 104 cm³/mol. The third-order valence-electron chi connectivity index (χ3n) is 4.96. The number of hydrogen-bond acceptors (Lipinski definition) is 5. The fraction of sp³-hybridized carbons (Fsp3) is 0.333. The molecule has 4 rings (SSSR count). The van der Waals surface area contributed by atoms with Crippen molar-refractivity contribution < 1.29 is 9.52 Å². The van der Waals surface area contributed by atoms with E-state index in [-0.39, 0.29) is 0 Å². The molecule has 2 heterocycles. The summed E-state index contributed by atoms with van der Waals surface area (Å²) in [6.45, 7) is 4.09. The minimum Gasteiger partial charge on any atom is -0.421 e. The maximum Gasteiger partial charge on any atom is 0.247 e. The van der Waals surface area contributed by atoms with Gasteiger partial charge in [-0.2, -0.15) is 0 Å². The first-order chi connectivity index (χ1) is 13.0. The molecule has 1 aromatic heterocycles. The number of hydrogen-bond donors (Lipinski definition) is 1. The highest BCUT2D eigenvalue weighted by atomic mass is 35.5. The number of aliphatic hydroxyl groups is 1. The number of benzene rings is 2. The van der Waals surface area contributed by atoms with E-state index in [0.717, 1.165) is 35.7 Å². The van der Waals surface area contributed by atoms with Gasteiger partial charge in [-0.1, -0.05) is 35.9 Å². The molecule has 1 N–H and O–H groups in total. The van der Waals surface area contributed by atoms with Crippen LogP contribution in [0, 0.1) is 6.92 Å². The molecule has 0 aliphatic carbocycles. The largest absolute Gasteiger partial charge is 0.421 e. The van der Waals surface area contributed by atoms with Crippen molar-refractivity contribution in [2.75, 3.05) is 13.1 Å². The van der Waals surface area contributed by atoms with Crippen LogP contribution in [0.1, 0.15) is 23.4 Å². The average Bonchev–Trinajstić information content (AvgIpc) is 3.23. The second-order valence-corrected chi connectivity index (χ2v) is 7.75. The molecule has 1 aliphatic heterocycles. The van der Waals surface area contributed by atoms with E-state index in [4.69, 9.17) is 16.0 Å². The molecule has 27 heavy (non-hydrogen) atoms. The number of halogens is 1. The molecule has 2 aromatic carbocycles. The first kappa shape index (κ1) is 18.2. The maximum atomic E-state index is 11.0. The van der Waals surface area contributed by atoms with Crippen molar-refractivity contribution in [1.29, 1.82) is 0 Å². The van der Waals surface area contributed by atoms with Gasteiger partial charge in [0.1, 0.15) is 0 Å². The van der Waals surface area contributed by atoms with Crippen LogP contribution in [-0.2, 0) is 13.0 Å². The Morgan fingerprint density at radius 1 is 1.15 bits per heavy atom. The summed E-state index contributed by atoms with van der Waals surface area (Å²) < 4.78 is 5.52. The van der Waals surface area contributed by atoms with Gasteiger partial charge in [0.15, 0.2) is 0 Å². The summed E-state index contributed by atoms with van der Waals surface area (Å²) in [7, 11) is 0. The fourth-order valence-electron chi connectivity index (χ4n) is 3.68. The van der Waals surface area contributed by atoms with Gasteiger partial charge in [0, 0.05) is 43.6 Å². The summed E-state index contributed by atoms with van der Waals surface area (Å²) in [5.41, 5.74) is 2.50. The number of likely N-dealkylation sites (tertiary alicyclic amines) is 1. The van der Waals surface area contributed by atoms with E-state index in [1.807, 2.05) is 36.4 Å². The fourth-order valence-corrected chi connectivity index (χ4v) is 3.80. The van der Waals surface area contributed by atoms with Gasteiger partial charge < -0.3 is 9.52 Å². The van der Waals surface area contributed by atoms with Crippen LogP contribution in [0.15, 0.2) is 52.9 Å². The molecule has 0 bridgehead atoms. The lowest BCUT2D eigenvalue weighted by atomic mass is 9.94. The summed E-state index contributed by atoms with van der Waals surface area (Å²) in [6.07, 6.45) is 1.40. The second-order valence-electron chi connectivity index (χ2n) is 7.31. The van der Waals surface area contributed by atoms with Gasteiger partial charge in [-0.25, -0.2) is 0 Å². The van der Waals surface area contributed by atoms with Crippen LogP contribution in [0.25, 0.3) is 11.5 Å². The summed E-state index contributed by atoms with van der Waals surface area (Å²) >= 11 is 5.95. The van der Waals surface area contributed by atoms with Crippen molar-refractivity contribution in [2.24, 2.45) is 0 Å². The molecule has 0 saturated carbocycles. The van der Waals surface area contributed by atoms with Gasteiger partial charge in [0.05, 0.1) is 5.60 Å². The maximum absolute atomic E-state index is 11.0. The molecule has 1 saturated heterocycles. The molecular formula is C21H22ClN3O2. The molecule has 1 atom stereocenters. The SMILES string of the molecule is Cc1nnc(-c2cccc(CN3CCC(O)(Cc4ccc(Cl)cc4)C3)c2)o1. The summed E-state index contributed by atoms with van der Waals surface area (Å²) in [6, 6.07) is 15.8. The van der Waals surface area contributed by atoms with Crippen LogP contribution in [-0.4, -0.2) is 38.9 Å². The number of aryl methyl sites for hydroxylation is 1. The van der Waals surface area contributed by atoms with Crippen LogP contribution < -0.4 is 0 Å². The van der Waals surface area contributed by atoms with E-state index in [0.29, 0.717) is 24.7 Å². The number of rotatable bonds is 5. The summed E-state index contributed by atoms with van der Waals surface area (Å²) in [5.74, 6) is 1.09. The average molecular weight is 384 g/mol. The molecule has 1 fully saturated rings. The van der Waals surface area contributed by atoms with Gasteiger partial charge >= 0.3 is 0 Å². The Kier molecular flexibility index (Phi) is 5.00. The second kappa shape index (κ2) is 7.43. The van der Waals surface area contributed by atoms with Crippen molar-refractivity contribution in [3.05, 3.63) is 70.6 Å². The third kappa shape index (κ3) is 4.38. The quantitative estimate of drug-likeness (QED) is 0.724. The van der Waals surface area contributed by atoms with Gasteiger partial charge in [-0.05, 0) is 41.8 Å². The van der Waals surface area contributed by atoms with Crippen LogP contribution >= 0.6 is 11.6 Å². The molecule has 5 nitrogen and oxygen atoms in total. The van der Waals surface area contributed by atoms with Crippen LogP contribution in [0.4, 0.5) is 0 Å². The van der Waals surface area contributed by atoms with Crippen molar-refractivity contribution in [3.63, 3.8) is 0 Å². The molecule has 6 heteroatoms. The Labute approximate surface area is 163 Å². The van der Waals surface area contributed by atoms with Crippen molar-refractivity contribution in [3.8, 4) is 11.5 Å². The van der Waals surface area contributed by atoms with E-state index in [2.05, 4.69) is 27.2 Å². The predicted octanol–water partition coefficient (Wildman–Crippen LogP) is 3.88. The van der Waals surface area contributed by atoms with Crippen molar-refractivity contribution in [1.82, 2.24) is 15.1 Å². The number of aromatic nitrogens is 2. The van der Waals surface area contributed by atoms with Gasteiger partial charge in [-0.15, -0.1) is 10.2 Å². The lowest BCUT2D eigenvalue weighted by Gasteiger charge is -2.24. The Morgan fingerprint density at radius 2 is 1.96 bits per heavy atom. The topological polar surface area (TPSA) is 62.4 Å². The molecular weight excluding hydrogens is 362 g/mol. The third-order valence-corrected chi connectivity index (χ3v) is 5.22. The highest BCUT2D eigenvalue weighted by molar-refractivity contribution is 6.30. The Balaban J connectivity index is 1.41. The zero-order valence-electron chi connectivity index (χ0n) is 15.2. The lowest BCUT2D eigenvalue weighted by Crippen LogP contribution is -2.35. The normalized spacial score (nSPS) is 20.3. The number of nitrogens with zero attached hydrogens (tertiary/aromatic N) is 3. The Bertz CT molecular complexity index is 925. The van der Waals surface area contributed by atoms with Crippen LogP contribution in [0.5, 0.6) is 0 Å². The Morgan fingerprint density at radius 3 is 2.70 bits per heavy atom. The van der Waals surface area contributed by atoms with E-state index in [1.165, 1.54) is 5.56 Å². The summed E-state index contributed by atoms with van der Waals surface area (Å²) in [4.78, 5) is 2.29. The first-order valence-corrected chi connectivity index (χ1v) is 9.46. The van der Waals surface area contributed by atoms with E-state index in [9.17, 15) is 5.11 Å². The minimum absolute atomic E-state index is 0.537. The highest BCUT2D eigenvalue weighted by Crippen LogP contribution is 2.28. The molecule has 3 aromatic rings. The summed E-state index contributed by atoms with van der Waals surface area (Å²) in [5, 5.41) is 19.7. The zero-order chi connectivity index (χ0) is 18.9. The molecule has 140 valence electrons. The highest BCUT2D eigenvalue weighted by Gasteiger charge is 2.36. The zero-order valence-corrected chi connectivity index (χ0v) is 16.0. The molecule has 0 amide bonds. The van der Waals surface area contributed by atoms with Gasteiger partial charge in [0.2, 0.25) is 11.8 Å². The van der Waals surface area contributed by atoms with Crippen molar-refractivity contribution in [2.45, 2.75) is 31.9 Å². The van der Waals surface area contributed by atoms with Crippen LogP contribution in [0.3, 0.4) is 0 Å². The lowest BCUT2D eigenvalue weighted by molar-refractivity contribution is 0.0488. The smallest absolute Gasteiger partial charge is 0.247 e. The first-order valence-electron chi connectivity index (χ1n) is 9.08. The van der Waals surface area contributed by atoms with Gasteiger partial charge in [0.25, 0.3) is 0 Å². The van der Waals surface area contributed by atoms with E-state index in [1.54, 1.807) is 6.92 Å². The van der Waals surface area contributed by atoms with E-state index < -0.39 is 5.60 Å². The van der Waals surface area contributed by atoms with Crippen LogP contribution in [0.2, 0.25) is 5.02 Å². The molecule has 1 unspecified atom stereocenters. The molecule has 0 spiro atoms. The van der Waals surface area contributed by atoms with Gasteiger partial charge in [-0.3, -0.25) is 4.90 Å². The van der Waals surface area contributed by atoms with Crippen molar-refractivity contribution >= 4 is 11.6 Å². The molecule has 1 aliphatic rings. The Hall–Kier alpha value is -2.21. The number of β-amino-alcohol motifs (C(OH)–C–C–N with tert-alkyl or cyclic N) is 1. The minimum atomic E-state index is -0.699. The monoisotopic (exact) mass is 383 g/mol. The van der Waals surface area contributed by atoms with E-state index >= 15 is 0 Å².